The molecule has 0 fully saturated rings. The summed E-state index contributed by atoms with van der Waals surface area (Å²) in [5.41, 5.74) is 0. The Bertz CT molecular complexity index is 102. The van der Waals surface area contributed by atoms with Crippen molar-refractivity contribution in [3.63, 3.8) is 0 Å². The van der Waals surface area contributed by atoms with Gasteiger partial charge >= 0.3 is 5.97 Å². The quantitative estimate of drug-likeness (QED) is 0.498. The third kappa shape index (κ3) is 27.5. The molecule has 0 amide bonds. The van der Waals surface area contributed by atoms with Crippen LogP contribution in [0.2, 0.25) is 0 Å². The van der Waals surface area contributed by atoms with Crippen LogP contribution in [0.5, 0.6) is 0 Å². The lowest BCUT2D eigenvalue weighted by Gasteiger charge is -1.89. The zero-order valence-electron chi connectivity index (χ0n) is 7.52. The molecule has 0 unspecified atom stereocenters. The van der Waals surface area contributed by atoms with Gasteiger partial charge in [0.05, 0.1) is 7.11 Å². The summed E-state index contributed by atoms with van der Waals surface area (Å²) < 4.78 is 4.11. The molecule has 0 saturated heterocycles. The predicted molar refractivity (Wildman–Crippen MR) is 46.2 cm³/mol. The highest BCUT2D eigenvalue weighted by molar-refractivity contribution is 5.65. The van der Waals surface area contributed by atoms with Crippen LogP contribution in [0.4, 0.5) is 0 Å². The highest BCUT2D eigenvalue weighted by atomic mass is 16.5. The maximum atomic E-state index is 9.59. The molecule has 0 aromatic heterocycles. The number of methoxy groups -OCH3 is 1. The van der Waals surface area contributed by atoms with E-state index in [2.05, 4.69) is 23.6 Å². The summed E-state index contributed by atoms with van der Waals surface area (Å²) in [5.74, 6) is -0.245. The highest BCUT2D eigenvalue weighted by Gasteiger charge is 1.75. The number of rotatable bonds is 3. The fourth-order valence-electron chi connectivity index (χ4n) is 0.246. The van der Waals surface area contributed by atoms with Gasteiger partial charge in [-0.05, 0) is 12.6 Å². The van der Waals surface area contributed by atoms with Gasteiger partial charge in [-0.25, -0.2) is 0 Å². The van der Waals surface area contributed by atoms with Gasteiger partial charge in [-0.3, -0.25) is 4.79 Å². The zero-order valence-corrected chi connectivity index (χ0v) is 7.52. The second kappa shape index (κ2) is 11.8. The van der Waals surface area contributed by atoms with Crippen molar-refractivity contribution in [2.24, 2.45) is 0 Å². The molecular formula is C8H17NO2. The first-order chi connectivity index (χ1) is 5.18. The minimum Gasteiger partial charge on any atom is -0.469 e. The second-order valence-electron chi connectivity index (χ2n) is 1.85. The Morgan fingerprint density at radius 2 is 2.18 bits per heavy atom. The molecule has 0 bridgehead atoms. The molecule has 0 aromatic rings. The van der Waals surface area contributed by atoms with Crippen LogP contribution in [0.1, 0.15) is 20.3 Å². The lowest BCUT2D eigenvalue weighted by Crippen LogP contribution is -2.03. The van der Waals surface area contributed by atoms with Gasteiger partial charge in [0.2, 0.25) is 0 Å². The summed E-state index contributed by atoms with van der Waals surface area (Å²) in [4.78, 5) is 9.59. The first kappa shape index (κ1) is 12.7. The smallest absolute Gasteiger partial charge is 0.302 e. The van der Waals surface area contributed by atoms with E-state index in [0.717, 1.165) is 6.54 Å². The summed E-state index contributed by atoms with van der Waals surface area (Å²) >= 11 is 0. The Balaban J connectivity index is 0. The summed E-state index contributed by atoms with van der Waals surface area (Å²) in [7, 11) is 1.35. The van der Waals surface area contributed by atoms with Crippen LogP contribution in [0.3, 0.4) is 0 Å². The molecule has 0 aliphatic carbocycles. The van der Waals surface area contributed by atoms with Crippen LogP contribution in [0.25, 0.3) is 0 Å². The normalized spacial score (nSPS) is 7.18. The molecule has 0 aliphatic rings. The minimum absolute atomic E-state index is 0.245. The van der Waals surface area contributed by atoms with Gasteiger partial charge in [0, 0.05) is 13.5 Å². The number of carbonyl (C=O) groups excluding carboxylic acids is 1. The van der Waals surface area contributed by atoms with Crippen LogP contribution in [-0.2, 0) is 9.53 Å². The van der Waals surface area contributed by atoms with Crippen molar-refractivity contribution in [2.45, 2.75) is 20.3 Å². The van der Waals surface area contributed by atoms with E-state index in [0.29, 0.717) is 0 Å². The number of hydrogen-bond donors (Lipinski definition) is 1. The van der Waals surface area contributed by atoms with Gasteiger partial charge in [-0.15, -0.1) is 0 Å². The maximum absolute atomic E-state index is 9.59. The molecule has 0 heterocycles. The second-order valence-corrected chi connectivity index (χ2v) is 1.85. The lowest BCUT2D eigenvalue weighted by atomic mass is 10.5. The standard InChI is InChI=1S/C5H11N.C3H6O2/c1-3-5-6-4-2;1-3(4)5-2/h4,6H,2-3,5H2,1H3;1-2H3. The van der Waals surface area contributed by atoms with E-state index in [1.165, 1.54) is 20.5 Å². The topological polar surface area (TPSA) is 38.3 Å². The number of hydrogen-bond acceptors (Lipinski definition) is 3. The molecule has 0 spiro atoms. The van der Waals surface area contributed by atoms with Crippen molar-refractivity contribution >= 4 is 5.97 Å². The van der Waals surface area contributed by atoms with Gasteiger partial charge in [-0.2, -0.15) is 0 Å². The molecule has 0 saturated carbocycles. The van der Waals surface area contributed by atoms with Gasteiger partial charge < -0.3 is 10.1 Å². The van der Waals surface area contributed by atoms with Gasteiger partial charge in [0.25, 0.3) is 0 Å². The number of esters is 1. The summed E-state index contributed by atoms with van der Waals surface area (Å²) in [6.45, 7) is 8.01. The average molecular weight is 159 g/mol. The van der Waals surface area contributed by atoms with E-state index in [1.54, 1.807) is 6.20 Å². The Hall–Kier alpha value is -0.990. The molecule has 3 nitrogen and oxygen atoms in total. The molecule has 0 aliphatic heterocycles. The molecule has 11 heavy (non-hydrogen) atoms. The Labute approximate surface area is 68.4 Å². The molecule has 0 rings (SSSR count). The van der Waals surface area contributed by atoms with Crippen molar-refractivity contribution in [1.82, 2.24) is 5.32 Å². The monoisotopic (exact) mass is 159 g/mol. The molecule has 0 radical (unpaired) electrons. The molecule has 1 N–H and O–H groups in total. The molecule has 0 atom stereocenters. The van der Waals surface area contributed by atoms with E-state index in [4.69, 9.17) is 0 Å². The third-order valence-electron chi connectivity index (χ3n) is 0.826. The van der Waals surface area contributed by atoms with E-state index in [9.17, 15) is 4.79 Å². The van der Waals surface area contributed by atoms with Crippen molar-refractivity contribution in [2.75, 3.05) is 13.7 Å². The summed E-state index contributed by atoms with van der Waals surface area (Å²) in [5, 5.41) is 2.96. The van der Waals surface area contributed by atoms with Crippen molar-refractivity contribution in [1.29, 1.82) is 0 Å². The van der Waals surface area contributed by atoms with Gasteiger partial charge in [0.1, 0.15) is 0 Å². The van der Waals surface area contributed by atoms with E-state index in [-0.39, 0.29) is 5.97 Å². The minimum atomic E-state index is -0.245. The first-order valence-corrected chi connectivity index (χ1v) is 3.57. The van der Waals surface area contributed by atoms with Crippen molar-refractivity contribution in [3.05, 3.63) is 12.8 Å². The summed E-state index contributed by atoms with van der Waals surface area (Å²) in [6.07, 6.45) is 2.88. The number of carbonyl (C=O) groups is 1. The van der Waals surface area contributed by atoms with Crippen LogP contribution in [0, 0.1) is 0 Å². The van der Waals surface area contributed by atoms with E-state index >= 15 is 0 Å². The average Bonchev–Trinajstić information content (AvgIpc) is 2.02. The Morgan fingerprint density at radius 1 is 1.73 bits per heavy atom. The van der Waals surface area contributed by atoms with Crippen molar-refractivity contribution < 1.29 is 9.53 Å². The highest BCUT2D eigenvalue weighted by Crippen LogP contribution is 1.65. The Kier molecular flexibility index (Phi) is 13.5. The van der Waals surface area contributed by atoms with Crippen LogP contribution in [-0.4, -0.2) is 19.6 Å². The molecule has 3 heteroatoms. The van der Waals surface area contributed by atoms with Crippen molar-refractivity contribution in [3.8, 4) is 0 Å². The van der Waals surface area contributed by atoms with E-state index < -0.39 is 0 Å². The van der Waals surface area contributed by atoms with Crippen LogP contribution >= 0.6 is 0 Å². The number of nitrogens with one attached hydrogen (secondary N) is 1. The largest absolute Gasteiger partial charge is 0.469 e. The van der Waals surface area contributed by atoms with Gasteiger partial charge in [0.15, 0.2) is 0 Å². The van der Waals surface area contributed by atoms with Gasteiger partial charge in [-0.1, -0.05) is 13.5 Å². The molecule has 0 aromatic carbocycles. The predicted octanol–water partition coefficient (Wildman–Crippen LogP) is 1.31. The fraction of sp³-hybridized carbons (Fsp3) is 0.625. The SMILES string of the molecule is C=CNCCC.COC(C)=O. The maximum Gasteiger partial charge on any atom is 0.302 e. The third-order valence-corrected chi connectivity index (χ3v) is 0.826. The molecular weight excluding hydrogens is 142 g/mol. The lowest BCUT2D eigenvalue weighted by molar-refractivity contribution is -0.137. The van der Waals surface area contributed by atoms with Crippen LogP contribution in [0.15, 0.2) is 12.8 Å². The molecule has 66 valence electrons. The number of ether oxygens (including phenoxy) is 1. The first-order valence-electron chi connectivity index (χ1n) is 3.57. The Morgan fingerprint density at radius 3 is 2.27 bits per heavy atom. The summed E-state index contributed by atoms with van der Waals surface area (Å²) in [6, 6.07) is 0. The van der Waals surface area contributed by atoms with Crippen LogP contribution < -0.4 is 5.32 Å². The van der Waals surface area contributed by atoms with E-state index in [1.807, 2.05) is 0 Å². The zero-order chi connectivity index (χ0) is 9.11. The fourth-order valence-corrected chi connectivity index (χ4v) is 0.246.